The van der Waals surface area contributed by atoms with Gasteiger partial charge in [0.2, 0.25) is 0 Å². The predicted octanol–water partition coefficient (Wildman–Crippen LogP) is 1.18. The molecule has 0 aromatic rings. The molecule has 48 valence electrons. The van der Waals surface area contributed by atoms with Gasteiger partial charge in [0.25, 0.3) is 0 Å². The fourth-order valence-electron chi connectivity index (χ4n) is 1.17. The van der Waals surface area contributed by atoms with E-state index in [1.807, 2.05) is 0 Å². The molecule has 0 aromatic carbocycles. The van der Waals surface area contributed by atoms with Gasteiger partial charge in [0, 0.05) is 0 Å². The van der Waals surface area contributed by atoms with Crippen LogP contribution in [0.5, 0.6) is 0 Å². The van der Waals surface area contributed by atoms with Crippen LogP contribution in [-0.4, -0.2) is 11.1 Å². The van der Waals surface area contributed by atoms with Crippen LogP contribution in [0.3, 0.4) is 0 Å². The molecule has 2 saturated carbocycles. The van der Waals surface area contributed by atoms with E-state index in [-0.39, 0.29) is 5.92 Å². The van der Waals surface area contributed by atoms with Crippen molar-refractivity contribution in [2.45, 2.75) is 19.3 Å². The summed E-state index contributed by atoms with van der Waals surface area (Å²) in [5, 5.41) is 8.47. The molecular weight excluding hydrogens is 116 g/mol. The molecule has 2 heteroatoms. The molecular formula is C7H8O2. The van der Waals surface area contributed by atoms with Gasteiger partial charge in [0.15, 0.2) is 0 Å². The summed E-state index contributed by atoms with van der Waals surface area (Å²) in [4.78, 5) is 10.3. The van der Waals surface area contributed by atoms with E-state index in [9.17, 15) is 4.79 Å². The van der Waals surface area contributed by atoms with Crippen LogP contribution in [0.1, 0.15) is 19.3 Å². The van der Waals surface area contributed by atoms with Gasteiger partial charge in [0.1, 0.15) is 0 Å². The zero-order valence-electron chi connectivity index (χ0n) is 5.05. The molecule has 9 heavy (non-hydrogen) atoms. The summed E-state index contributed by atoms with van der Waals surface area (Å²) in [6, 6.07) is 0. The maximum absolute atomic E-state index is 10.3. The zero-order chi connectivity index (χ0) is 6.43. The Morgan fingerprint density at radius 1 is 1.56 bits per heavy atom. The zero-order valence-corrected chi connectivity index (χ0v) is 5.05. The molecule has 0 radical (unpaired) electrons. The van der Waals surface area contributed by atoms with Crippen molar-refractivity contribution in [3.63, 3.8) is 0 Å². The first kappa shape index (κ1) is 5.03. The average Bonchev–Trinajstić information content (AvgIpc) is 2.60. The van der Waals surface area contributed by atoms with E-state index in [2.05, 4.69) is 0 Å². The summed E-state index contributed by atoms with van der Waals surface area (Å²) in [5.74, 6) is -0.716. The van der Waals surface area contributed by atoms with Crippen LogP contribution in [0.4, 0.5) is 0 Å². The Bertz CT molecular complexity index is 197. The molecule has 2 nitrogen and oxygen atoms in total. The molecule has 1 unspecified atom stereocenters. The van der Waals surface area contributed by atoms with Crippen molar-refractivity contribution in [2.24, 2.45) is 5.92 Å². The van der Waals surface area contributed by atoms with Crippen LogP contribution >= 0.6 is 0 Å². The number of hydrogen-bond acceptors (Lipinski definition) is 1. The SMILES string of the molecule is O=C(O)C1CC1=C1CC1. The third kappa shape index (κ3) is 0.745. The minimum absolute atomic E-state index is 0.0810. The Hall–Kier alpha value is -0.790. The van der Waals surface area contributed by atoms with Crippen LogP contribution in [0.15, 0.2) is 11.1 Å². The molecule has 0 amide bonds. The molecule has 2 aliphatic rings. The molecule has 0 aromatic heterocycles. The van der Waals surface area contributed by atoms with E-state index >= 15 is 0 Å². The molecule has 0 saturated heterocycles. The Morgan fingerprint density at radius 3 is 2.56 bits per heavy atom. The second-order valence-corrected chi connectivity index (χ2v) is 2.72. The minimum atomic E-state index is -0.635. The van der Waals surface area contributed by atoms with Crippen molar-refractivity contribution in [2.75, 3.05) is 0 Å². The lowest BCUT2D eigenvalue weighted by molar-refractivity contribution is -0.138. The first-order valence-electron chi connectivity index (χ1n) is 3.22. The topological polar surface area (TPSA) is 37.3 Å². The van der Waals surface area contributed by atoms with Crippen LogP contribution < -0.4 is 0 Å². The lowest BCUT2D eigenvalue weighted by Crippen LogP contribution is -1.95. The van der Waals surface area contributed by atoms with Crippen LogP contribution in [0, 0.1) is 5.92 Å². The first-order chi connectivity index (χ1) is 4.29. The largest absolute Gasteiger partial charge is 0.481 e. The van der Waals surface area contributed by atoms with Gasteiger partial charge >= 0.3 is 5.97 Å². The summed E-state index contributed by atoms with van der Waals surface area (Å²) in [6.07, 6.45) is 3.17. The quantitative estimate of drug-likeness (QED) is 0.533. The standard InChI is InChI=1S/C7H8O2/c8-7(9)6-3-5(6)4-1-2-4/h6H,1-3H2,(H,8,9). The highest BCUT2D eigenvalue weighted by molar-refractivity contribution is 5.80. The molecule has 1 atom stereocenters. The predicted molar refractivity (Wildman–Crippen MR) is 32.0 cm³/mol. The van der Waals surface area contributed by atoms with Crippen molar-refractivity contribution in [3.8, 4) is 0 Å². The van der Waals surface area contributed by atoms with E-state index in [0.29, 0.717) is 0 Å². The van der Waals surface area contributed by atoms with Crippen LogP contribution in [0.2, 0.25) is 0 Å². The smallest absolute Gasteiger partial charge is 0.310 e. The van der Waals surface area contributed by atoms with Crippen LogP contribution in [0.25, 0.3) is 0 Å². The van der Waals surface area contributed by atoms with Crippen molar-refractivity contribution in [1.29, 1.82) is 0 Å². The van der Waals surface area contributed by atoms with Gasteiger partial charge in [0.05, 0.1) is 5.92 Å². The van der Waals surface area contributed by atoms with E-state index in [1.54, 1.807) is 0 Å². The van der Waals surface area contributed by atoms with E-state index in [4.69, 9.17) is 5.11 Å². The summed E-state index contributed by atoms with van der Waals surface area (Å²) in [6.45, 7) is 0. The number of carboxylic acid groups (broad SMARTS) is 1. The minimum Gasteiger partial charge on any atom is -0.481 e. The third-order valence-electron chi connectivity index (χ3n) is 1.94. The highest BCUT2D eigenvalue weighted by Crippen LogP contribution is 2.48. The van der Waals surface area contributed by atoms with Gasteiger partial charge in [-0.05, 0) is 19.3 Å². The molecule has 0 heterocycles. The van der Waals surface area contributed by atoms with E-state index < -0.39 is 5.97 Å². The Kier molecular flexibility index (Phi) is 0.770. The van der Waals surface area contributed by atoms with Gasteiger partial charge in [-0.3, -0.25) is 4.79 Å². The lowest BCUT2D eigenvalue weighted by atomic mass is 10.4. The Labute approximate surface area is 53.2 Å². The average molecular weight is 124 g/mol. The first-order valence-corrected chi connectivity index (χ1v) is 3.22. The van der Waals surface area contributed by atoms with E-state index in [1.165, 1.54) is 24.0 Å². The normalized spacial score (nSPS) is 30.4. The molecule has 0 aliphatic heterocycles. The van der Waals surface area contributed by atoms with Gasteiger partial charge in [-0.1, -0.05) is 11.1 Å². The summed E-state index contributed by atoms with van der Waals surface area (Å²) >= 11 is 0. The maximum atomic E-state index is 10.3. The number of allylic oxidation sites excluding steroid dienone is 1. The molecule has 0 bridgehead atoms. The van der Waals surface area contributed by atoms with Gasteiger partial charge in [-0.25, -0.2) is 0 Å². The molecule has 0 spiro atoms. The van der Waals surface area contributed by atoms with Gasteiger partial charge < -0.3 is 5.11 Å². The van der Waals surface area contributed by atoms with Gasteiger partial charge in [-0.2, -0.15) is 0 Å². The number of carbonyl (C=O) groups is 1. The van der Waals surface area contributed by atoms with Crippen molar-refractivity contribution in [3.05, 3.63) is 11.1 Å². The Morgan fingerprint density at radius 2 is 2.22 bits per heavy atom. The van der Waals surface area contributed by atoms with Crippen molar-refractivity contribution in [1.82, 2.24) is 0 Å². The van der Waals surface area contributed by atoms with E-state index in [0.717, 1.165) is 6.42 Å². The molecule has 2 rings (SSSR count). The third-order valence-corrected chi connectivity index (χ3v) is 1.94. The second-order valence-electron chi connectivity index (χ2n) is 2.72. The number of rotatable bonds is 1. The van der Waals surface area contributed by atoms with Crippen molar-refractivity contribution < 1.29 is 9.90 Å². The number of carboxylic acids is 1. The Balaban J connectivity index is 2.10. The summed E-state index contributed by atoms with van der Waals surface area (Å²) < 4.78 is 0. The monoisotopic (exact) mass is 124 g/mol. The van der Waals surface area contributed by atoms with Crippen molar-refractivity contribution >= 4 is 5.97 Å². The fraction of sp³-hybridized carbons (Fsp3) is 0.571. The number of aliphatic carboxylic acids is 1. The molecule has 1 N–H and O–H groups in total. The highest BCUT2D eigenvalue weighted by Gasteiger charge is 2.41. The van der Waals surface area contributed by atoms with Crippen LogP contribution in [-0.2, 0) is 4.79 Å². The highest BCUT2D eigenvalue weighted by atomic mass is 16.4. The molecule has 2 aliphatic carbocycles. The maximum Gasteiger partial charge on any atom is 0.310 e. The summed E-state index contributed by atoms with van der Waals surface area (Å²) in [5.41, 5.74) is 2.64. The second kappa shape index (κ2) is 1.38. The summed E-state index contributed by atoms with van der Waals surface area (Å²) in [7, 11) is 0. The lowest BCUT2D eigenvalue weighted by Gasteiger charge is -1.78. The fourth-order valence-corrected chi connectivity index (χ4v) is 1.17. The number of hydrogen-bond donors (Lipinski definition) is 1. The van der Waals surface area contributed by atoms with Gasteiger partial charge in [-0.15, -0.1) is 0 Å². The molecule has 2 fully saturated rings.